The molecule has 1 aromatic heterocycles. The summed E-state index contributed by atoms with van der Waals surface area (Å²) >= 11 is 0. The van der Waals surface area contributed by atoms with Gasteiger partial charge < -0.3 is 10.5 Å². The number of nitrogens with two attached hydrogens (primary N) is 1. The second kappa shape index (κ2) is 5.01. The van der Waals surface area contributed by atoms with Gasteiger partial charge in [-0.2, -0.15) is 5.10 Å². The highest BCUT2D eigenvalue weighted by molar-refractivity contribution is 5.44. The number of benzene rings is 1. The predicted molar refractivity (Wildman–Crippen MR) is 68.3 cm³/mol. The van der Waals surface area contributed by atoms with E-state index in [1.54, 1.807) is 11.8 Å². The molecule has 90 valence electrons. The molecule has 17 heavy (non-hydrogen) atoms. The van der Waals surface area contributed by atoms with Gasteiger partial charge in [0, 0.05) is 19.6 Å². The lowest BCUT2D eigenvalue weighted by molar-refractivity contribution is 0.201. The standard InChI is InChI=1S/C13H17N3O/c1-10-4-3-5-12(8-10)16-13(14)9-11(15-16)6-7-17-2/h3-5,8-9H,6-7,14H2,1-2H3. The van der Waals surface area contributed by atoms with Crippen molar-refractivity contribution >= 4 is 5.82 Å². The van der Waals surface area contributed by atoms with Crippen molar-refractivity contribution in [3.63, 3.8) is 0 Å². The largest absolute Gasteiger partial charge is 0.384 e. The second-order valence-corrected chi connectivity index (χ2v) is 4.05. The maximum Gasteiger partial charge on any atom is 0.127 e. The normalized spacial score (nSPS) is 10.7. The number of hydrogen-bond donors (Lipinski definition) is 1. The molecular formula is C13H17N3O. The van der Waals surface area contributed by atoms with Crippen LogP contribution in [0.5, 0.6) is 0 Å². The monoisotopic (exact) mass is 231 g/mol. The van der Waals surface area contributed by atoms with Gasteiger partial charge in [-0.15, -0.1) is 0 Å². The molecule has 1 heterocycles. The molecule has 0 aliphatic rings. The quantitative estimate of drug-likeness (QED) is 0.875. The summed E-state index contributed by atoms with van der Waals surface area (Å²) in [5.74, 6) is 0.654. The van der Waals surface area contributed by atoms with E-state index in [-0.39, 0.29) is 0 Å². The van der Waals surface area contributed by atoms with Crippen LogP contribution in [0.15, 0.2) is 30.3 Å². The van der Waals surface area contributed by atoms with Gasteiger partial charge in [0.25, 0.3) is 0 Å². The van der Waals surface area contributed by atoms with E-state index in [0.29, 0.717) is 12.4 Å². The molecule has 4 heteroatoms. The average Bonchev–Trinajstić information content (AvgIpc) is 2.68. The van der Waals surface area contributed by atoms with E-state index in [9.17, 15) is 0 Å². The summed E-state index contributed by atoms with van der Waals surface area (Å²) < 4.78 is 6.79. The van der Waals surface area contributed by atoms with Gasteiger partial charge in [-0.1, -0.05) is 12.1 Å². The molecule has 0 aliphatic carbocycles. The number of aromatic nitrogens is 2. The summed E-state index contributed by atoms with van der Waals surface area (Å²) in [4.78, 5) is 0. The van der Waals surface area contributed by atoms with E-state index in [2.05, 4.69) is 24.2 Å². The van der Waals surface area contributed by atoms with Gasteiger partial charge >= 0.3 is 0 Å². The van der Waals surface area contributed by atoms with Gasteiger partial charge in [0.1, 0.15) is 5.82 Å². The molecule has 0 aliphatic heterocycles. The van der Waals surface area contributed by atoms with Crippen LogP contribution < -0.4 is 5.73 Å². The summed E-state index contributed by atoms with van der Waals surface area (Å²) in [6.45, 7) is 2.71. The minimum absolute atomic E-state index is 0.654. The van der Waals surface area contributed by atoms with Crippen molar-refractivity contribution < 1.29 is 4.74 Å². The van der Waals surface area contributed by atoms with Crippen LogP contribution in [0.2, 0.25) is 0 Å². The van der Waals surface area contributed by atoms with Crippen molar-refractivity contribution in [2.45, 2.75) is 13.3 Å². The summed E-state index contributed by atoms with van der Waals surface area (Å²) in [5, 5.41) is 4.47. The number of methoxy groups -OCH3 is 1. The zero-order valence-corrected chi connectivity index (χ0v) is 10.2. The van der Waals surface area contributed by atoms with Crippen LogP contribution in [-0.4, -0.2) is 23.5 Å². The molecular weight excluding hydrogens is 214 g/mol. The molecule has 2 N–H and O–H groups in total. The summed E-state index contributed by atoms with van der Waals surface area (Å²) in [5.41, 5.74) is 9.09. The Morgan fingerprint density at radius 2 is 2.18 bits per heavy atom. The molecule has 2 rings (SSSR count). The molecule has 0 unspecified atom stereocenters. The van der Waals surface area contributed by atoms with Gasteiger partial charge in [0.05, 0.1) is 18.0 Å². The van der Waals surface area contributed by atoms with Crippen LogP contribution in [0.3, 0.4) is 0 Å². The Balaban J connectivity index is 2.29. The maximum absolute atomic E-state index is 5.95. The zero-order valence-electron chi connectivity index (χ0n) is 10.2. The van der Waals surface area contributed by atoms with Crippen LogP contribution in [0.1, 0.15) is 11.3 Å². The third kappa shape index (κ3) is 2.65. The highest BCUT2D eigenvalue weighted by Gasteiger charge is 2.06. The first-order chi connectivity index (χ1) is 8.20. The number of hydrogen-bond acceptors (Lipinski definition) is 3. The van der Waals surface area contributed by atoms with E-state index in [0.717, 1.165) is 17.8 Å². The molecule has 2 aromatic rings. The molecule has 0 radical (unpaired) electrons. The van der Waals surface area contributed by atoms with Crippen molar-refractivity contribution in [2.75, 3.05) is 19.5 Å². The number of rotatable bonds is 4. The lowest BCUT2D eigenvalue weighted by atomic mass is 10.2. The van der Waals surface area contributed by atoms with E-state index >= 15 is 0 Å². The number of anilines is 1. The first-order valence-electron chi connectivity index (χ1n) is 5.61. The minimum Gasteiger partial charge on any atom is -0.384 e. The Morgan fingerprint density at radius 3 is 2.88 bits per heavy atom. The number of nitrogen functional groups attached to an aromatic ring is 1. The Kier molecular flexibility index (Phi) is 3.44. The minimum atomic E-state index is 0.654. The fourth-order valence-corrected chi connectivity index (χ4v) is 1.74. The lowest BCUT2D eigenvalue weighted by Gasteiger charge is -2.04. The van der Waals surface area contributed by atoms with Crippen molar-refractivity contribution in [1.29, 1.82) is 0 Å². The van der Waals surface area contributed by atoms with Crippen molar-refractivity contribution in [1.82, 2.24) is 9.78 Å². The number of aryl methyl sites for hydroxylation is 1. The fourth-order valence-electron chi connectivity index (χ4n) is 1.74. The third-order valence-electron chi connectivity index (χ3n) is 2.60. The van der Waals surface area contributed by atoms with Crippen molar-refractivity contribution in [3.8, 4) is 5.69 Å². The molecule has 0 atom stereocenters. The molecule has 1 aromatic carbocycles. The third-order valence-corrected chi connectivity index (χ3v) is 2.60. The molecule has 0 amide bonds. The van der Waals surface area contributed by atoms with Gasteiger partial charge in [0.15, 0.2) is 0 Å². The smallest absolute Gasteiger partial charge is 0.127 e. The van der Waals surface area contributed by atoms with Crippen LogP contribution in [0.4, 0.5) is 5.82 Å². The lowest BCUT2D eigenvalue weighted by Crippen LogP contribution is -2.02. The summed E-state index contributed by atoms with van der Waals surface area (Å²) in [7, 11) is 1.68. The molecule has 0 saturated carbocycles. The van der Waals surface area contributed by atoms with Crippen molar-refractivity contribution in [2.24, 2.45) is 0 Å². The summed E-state index contributed by atoms with van der Waals surface area (Å²) in [6.07, 6.45) is 0.777. The van der Waals surface area contributed by atoms with Crippen LogP contribution in [0, 0.1) is 6.92 Å². The SMILES string of the molecule is COCCc1cc(N)n(-c2cccc(C)c2)n1. The highest BCUT2D eigenvalue weighted by Crippen LogP contribution is 2.15. The Bertz CT molecular complexity index is 505. The van der Waals surface area contributed by atoms with Crippen LogP contribution in [-0.2, 0) is 11.2 Å². The van der Waals surface area contributed by atoms with E-state index in [1.165, 1.54) is 5.56 Å². The maximum atomic E-state index is 5.95. The van der Waals surface area contributed by atoms with Gasteiger partial charge in [-0.3, -0.25) is 0 Å². The Morgan fingerprint density at radius 1 is 1.35 bits per heavy atom. The molecule has 0 saturated heterocycles. The van der Waals surface area contributed by atoms with Crippen LogP contribution >= 0.6 is 0 Å². The predicted octanol–water partition coefficient (Wildman–Crippen LogP) is 1.95. The van der Waals surface area contributed by atoms with Gasteiger partial charge in [-0.25, -0.2) is 4.68 Å². The van der Waals surface area contributed by atoms with Gasteiger partial charge in [0.2, 0.25) is 0 Å². The Hall–Kier alpha value is -1.81. The first kappa shape index (κ1) is 11.7. The number of nitrogens with zero attached hydrogens (tertiary/aromatic N) is 2. The molecule has 0 bridgehead atoms. The van der Waals surface area contributed by atoms with E-state index in [4.69, 9.17) is 10.5 Å². The van der Waals surface area contributed by atoms with E-state index < -0.39 is 0 Å². The first-order valence-corrected chi connectivity index (χ1v) is 5.61. The van der Waals surface area contributed by atoms with E-state index in [1.807, 2.05) is 18.2 Å². The summed E-state index contributed by atoms with van der Waals surface area (Å²) in [6, 6.07) is 10.00. The molecule has 4 nitrogen and oxygen atoms in total. The number of ether oxygens (including phenoxy) is 1. The highest BCUT2D eigenvalue weighted by atomic mass is 16.5. The second-order valence-electron chi connectivity index (χ2n) is 4.05. The topological polar surface area (TPSA) is 53.1 Å². The average molecular weight is 231 g/mol. The van der Waals surface area contributed by atoms with Gasteiger partial charge in [-0.05, 0) is 24.6 Å². The Labute approximate surface area is 101 Å². The fraction of sp³-hybridized carbons (Fsp3) is 0.308. The zero-order chi connectivity index (χ0) is 12.3. The van der Waals surface area contributed by atoms with Crippen LogP contribution in [0.25, 0.3) is 5.69 Å². The molecule has 0 fully saturated rings. The molecule has 0 spiro atoms. The van der Waals surface area contributed by atoms with Crippen molar-refractivity contribution in [3.05, 3.63) is 41.6 Å².